The summed E-state index contributed by atoms with van der Waals surface area (Å²) < 4.78 is 5.24. The highest BCUT2D eigenvalue weighted by Gasteiger charge is 2.30. The Hall–Kier alpha value is -0.940. The van der Waals surface area contributed by atoms with Gasteiger partial charge < -0.3 is 9.84 Å². The molecule has 2 heterocycles. The second-order valence-corrected chi connectivity index (χ2v) is 5.49. The molecule has 2 atom stereocenters. The van der Waals surface area contributed by atoms with Gasteiger partial charge in [0.15, 0.2) is 5.82 Å². The largest absolute Gasteiger partial charge is 0.338 e. The van der Waals surface area contributed by atoms with Gasteiger partial charge >= 0.3 is 0 Å². The normalized spacial score (nSPS) is 25.8. The average Bonchev–Trinajstić information content (AvgIpc) is 2.74. The number of hydrogen-bond acceptors (Lipinski definition) is 5. The van der Waals surface area contributed by atoms with Crippen LogP contribution in [-0.4, -0.2) is 40.2 Å². The monoisotopic (exact) mass is 252 g/mol. The summed E-state index contributed by atoms with van der Waals surface area (Å²) in [6, 6.07) is 1.11. The molecule has 2 rings (SSSR count). The van der Waals surface area contributed by atoms with E-state index in [-0.39, 0.29) is 0 Å². The lowest BCUT2D eigenvalue weighted by Crippen LogP contribution is -2.57. The fourth-order valence-corrected chi connectivity index (χ4v) is 2.59. The minimum absolute atomic E-state index is 0.542. The molecule has 1 aromatic heterocycles. The topological polar surface area (TPSA) is 54.2 Å². The van der Waals surface area contributed by atoms with Crippen LogP contribution < -0.4 is 5.32 Å². The molecule has 1 aliphatic heterocycles. The Bertz CT molecular complexity index is 377. The number of rotatable bonds is 4. The van der Waals surface area contributed by atoms with Gasteiger partial charge in [-0.05, 0) is 19.3 Å². The number of piperazine rings is 1. The number of nitrogens with one attached hydrogen (secondary N) is 1. The van der Waals surface area contributed by atoms with E-state index in [2.05, 4.69) is 41.1 Å². The van der Waals surface area contributed by atoms with Crippen LogP contribution in [-0.2, 0) is 6.54 Å². The van der Waals surface area contributed by atoms with Gasteiger partial charge in [-0.1, -0.05) is 25.9 Å². The van der Waals surface area contributed by atoms with Crippen molar-refractivity contribution in [1.82, 2.24) is 20.4 Å². The summed E-state index contributed by atoms with van der Waals surface area (Å²) in [5.74, 6) is 2.07. The van der Waals surface area contributed by atoms with E-state index in [0.717, 1.165) is 31.9 Å². The third-order valence-corrected chi connectivity index (χ3v) is 3.71. The molecule has 0 spiro atoms. The van der Waals surface area contributed by atoms with Gasteiger partial charge in [-0.25, -0.2) is 0 Å². The highest BCUT2D eigenvalue weighted by atomic mass is 16.5. The Balaban J connectivity index is 2.04. The van der Waals surface area contributed by atoms with Crippen molar-refractivity contribution < 1.29 is 4.52 Å². The minimum Gasteiger partial charge on any atom is -0.338 e. The molecule has 102 valence electrons. The standard InChI is InChI=1S/C13H24N4O/c1-5-11-7-17(12(6-14-11)9(2)3)8-13-15-10(4)16-18-13/h9,11-12,14H,5-8H2,1-4H3. The number of aromatic nitrogens is 2. The van der Waals surface area contributed by atoms with E-state index in [1.807, 2.05) is 6.92 Å². The molecule has 2 unspecified atom stereocenters. The van der Waals surface area contributed by atoms with Crippen LogP contribution in [0.3, 0.4) is 0 Å². The summed E-state index contributed by atoms with van der Waals surface area (Å²) in [5, 5.41) is 7.48. The summed E-state index contributed by atoms with van der Waals surface area (Å²) >= 11 is 0. The van der Waals surface area contributed by atoms with Crippen LogP contribution in [0.4, 0.5) is 0 Å². The third kappa shape index (κ3) is 3.09. The fourth-order valence-electron chi connectivity index (χ4n) is 2.59. The molecule has 5 heteroatoms. The molecule has 1 saturated heterocycles. The predicted octanol–water partition coefficient (Wildman–Crippen LogP) is 1.59. The van der Waals surface area contributed by atoms with Gasteiger partial charge in [0, 0.05) is 25.2 Å². The van der Waals surface area contributed by atoms with E-state index >= 15 is 0 Å². The van der Waals surface area contributed by atoms with Crippen molar-refractivity contribution in [2.75, 3.05) is 13.1 Å². The van der Waals surface area contributed by atoms with Crippen LogP contribution in [0, 0.1) is 12.8 Å². The number of aryl methyl sites for hydroxylation is 1. The molecule has 5 nitrogen and oxygen atoms in total. The van der Waals surface area contributed by atoms with Gasteiger partial charge in [-0.3, -0.25) is 4.90 Å². The fraction of sp³-hybridized carbons (Fsp3) is 0.846. The first kappa shape index (κ1) is 13.5. The number of nitrogens with zero attached hydrogens (tertiary/aromatic N) is 3. The average molecular weight is 252 g/mol. The van der Waals surface area contributed by atoms with Crippen molar-refractivity contribution in [3.8, 4) is 0 Å². The Morgan fingerprint density at radius 2 is 2.28 bits per heavy atom. The van der Waals surface area contributed by atoms with Crippen molar-refractivity contribution in [2.45, 2.75) is 52.7 Å². The van der Waals surface area contributed by atoms with Gasteiger partial charge in [-0.15, -0.1) is 0 Å². The molecule has 0 aromatic carbocycles. The van der Waals surface area contributed by atoms with Gasteiger partial charge in [-0.2, -0.15) is 4.98 Å². The third-order valence-electron chi connectivity index (χ3n) is 3.71. The Morgan fingerprint density at radius 1 is 1.50 bits per heavy atom. The molecule has 0 saturated carbocycles. The molecule has 18 heavy (non-hydrogen) atoms. The molecule has 1 aliphatic rings. The van der Waals surface area contributed by atoms with Crippen LogP contribution in [0.25, 0.3) is 0 Å². The number of hydrogen-bond donors (Lipinski definition) is 1. The van der Waals surface area contributed by atoms with Crippen molar-refractivity contribution >= 4 is 0 Å². The quantitative estimate of drug-likeness (QED) is 0.882. The molecular weight excluding hydrogens is 228 g/mol. The Labute approximate surface area is 109 Å². The van der Waals surface area contributed by atoms with E-state index in [4.69, 9.17) is 4.52 Å². The lowest BCUT2D eigenvalue weighted by atomic mass is 9.98. The van der Waals surface area contributed by atoms with Crippen LogP contribution in [0.2, 0.25) is 0 Å². The minimum atomic E-state index is 0.542. The molecule has 0 amide bonds. The predicted molar refractivity (Wildman–Crippen MR) is 70.2 cm³/mol. The van der Waals surface area contributed by atoms with Gasteiger partial charge in [0.05, 0.1) is 6.54 Å². The molecular formula is C13H24N4O. The highest BCUT2D eigenvalue weighted by Crippen LogP contribution is 2.18. The van der Waals surface area contributed by atoms with Gasteiger partial charge in [0.2, 0.25) is 5.89 Å². The summed E-state index contributed by atoms with van der Waals surface area (Å²) in [4.78, 5) is 6.78. The maximum absolute atomic E-state index is 5.24. The second kappa shape index (κ2) is 5.80. The van der Waals surface area contributed by atoms with Crippen molar-refractivity contribution in [3.05, 3.63) is 11.7 Å². The first-order valence-electron chi connectivity index (χ1n) is 6.86. The van der Waals surface area contributed by atoms with Crippen molar-refractivity contribution in [1.29, 1.82) is 0 Å². The zero-order chi connectivity index (χ0) is 13.1. The molecule has 1 aromatic rings. The molecule has 0 radical (unpaired) electrons. The molecule has 1 N–H and O–H groups in total. The first-order chi connectivity index (χ1) is 8.60. The van der Waals surface area contributed by atoms with Crippen molar-refractivity contribution in [2.24, 2.45) is 5.92 Å². The molecule has 0 aliphatic carbocycles. The highest BCUT2D eigenvalue weighted by molar-refractivity contribution is 4.91. The van der Waals surface area contributed by atoms with E-state index in [9.17, 15) is 0 Å². The Kier molecular flexibility index (Phi) is 4.35. The maximum atomic E-state index is 5.24. The smallest absolute Gasteiger partial charge is 0.240 e. The summed E-state index contributed by atoms with van der Waals surface area (Å²) in [6.45, 7) is 11.5. The lowest BCUT2D eigenvalue weighted by Gasteiger charge is -2.41. The lowest BCUT2D eigenvalue weighted by molar-refractivity contribution is 0.0791. The van der Waals surface area contributed by atoms with Gasteiger partial charge in [0.1, 0.15) is 0 Å². The van der Waals surface area contributed by atoms with Crippen LogP contribution in [0.5, 0.6) is 0 Å². The SMILES string of the molecule is CCC1CN(Cc2nc(C)no2)C(C(C)C)CN1. The van der Waals surface area contributed by atoms with Crippen LogP contribution in [0.15, 0.2) is 4.52 Å². The zero-order valence-corrected chi connectivity index (χ0v) is 11.8. The molecule has 1 fully saturated rings. The summed E-state index contributed by atoms with van der Waals surface area (Å²) in [5.41, 5.74) is 0. The molecule has 0 bridgehead atoms. The van der Waals surface area contributed by atoms with Crippen LogP contribution in [0.1, 0.15) is 38.9 Å². The Morgan fingerprint density at radius 3 is 2.83 bits per heavy atom. The van der Waals surface area contributed by atoms with Gasteiger partial charge in [0.25, 0.3) is 0 Å². The van der Waals surface area contributed by atoms with E-state index in [0.29, 0.717) is 23.8 Å². The second-order valence-electron chi connectivity index (χ2n) is 5.49. The van der Waals surface area contributed by atoms with E-state index < -0.39 is 0 Å². The summed E-state index contributed by atoms with van der Waals surface area (Å²) in [7, 11) is 0. The first-order valence-corrected chi connectivity index (χ1v) is 6.86. The zero-order valence-electron chi connectivity index (χ0n) is 11.8. The van der Waals surface area contributed by atoms with Crippen molar-refractivity contribution in [3.63, 3.8) is 0 Å². The van der Waals surface area contributed by atoms with E-state index in [1.165, 1.54) is 0 Å². The van der Waals surface area contributed by atoms with Crippen LogP contribution >= 0.6 is 0 Å². The summed E-state index contributed by atoms with van der Waals surface area (Å²) in [6.07, 6.45) is 1.16. The van der Waals surface area contributed by atoms with E-state index in [1.54, 1.807) is 0 Å². The maximum Gasteiger partial charge on any atom is 0.240 e.